The normalized spacial score (nSPS) is 12.7. The van der Waals surface area contributed by atoms with E-state index in [1.54, 1.807) is 0 Å². The molecule has 0 bridgehead atoms. The first-order chi connectivity index (χ1) is 36.3. The van der Waals surface area contributed by atoms with Gasteiger partial charge in [-0.15, -0.1) is 53.6 Å². The number of hydrogen-bond donors (Lipinski definition) is 0. The number of anilines is 4. The van der Waals surface area contributed by atoms with Crippen LogP contribution in [0, 0.1) is 18.8 Å². The molecule has 0 saturated heterocycles. The van der Waals surface area contributed by atoms with Crippen molar-refractivity contribution >= 4 is 44.6 Å². The first-order valence-corrected chi connectivity index (χ1v) is 25.9. The second-order valence-electron chi connectivity index (χ2n) is 21.9. The first kappa shape index (κ1) is 50.2. The number of fused-ring (bicyclic) bond motifs is 4. The van der Waals surface area contributed by atoms with Crippen molar-refractivity contribution in [1.82, 2.24) is 9.55 Å². The number of para-hydroxylation sites is 2. The molecule has 0 amide bonds. The summed E-state index contributed by atoms with van der Waals surface area (Å²) in [5, 5.41) is 2.19. The quantitative estimate of drug-likeness (QED) is 0.121. The number of pyridine rings is 1. The van der Waals surface area contributed by atoms with E-state index in [0.717, 1.165) is 67.1 Å². The zero-order valence-corrected chi connectivity index (χ0v) is 46.2. The van der Waals surface area contributed by atoms with Gasteiger partial charge in [-0.3, -0.25) is 0 Å². The molecule has 3 heterocycles. The fraction of sp³-hybridized carbons (Fsp3) is 0.143. The molecule has 2 aromatic heterocycles. The predicted molar refractivity (Wildman–Crippen MR) is 311 cm³/mol. The van der Waals surface area contributed by atoms with E-state index in [0.29, 0.717) is 11.5 Å². The summed E-state index contributed by atoms with van der Waals surface area (Å²) in [4.78, 5) is 9.57. The maximum atomic E-state index is 7.08. The van der Waals surface area contributed by atoms with E-state index in [1.165, 1.54) is 33.4 Å². The summed E-state index contributed by atoms with van der Waals surface area (Å²) in [6.07, 6.45) is 1.92. The predicted octanol–water partition coefficient (Wildman–Crippen LogP) is 18.3. The van der Waals surface area contributed by atoms with Gasteiger partial charge in [0.1, 0.15) is 5.82 Å². The Morgan fingerprint density at radius 3 is 1.64 bits per heavy atom. The molecule has 0 unspecified atom stereocenters. The number of rotatable bonds is 11. The van der Waals surface area contributed by atoms with Crippen LogP contribution in [0.3, 0.4) is 0 Å². The summed E-state index contributed by atoms with van der Waals surface area (Å²) < 4.78 is 9.31. The molecule has 12 rings (SSSR count). The van der Waals surface area contributed by atoms with Gasteiger partial charge >= 0.3 is 0 Å². The monoisotopic (exact) mass is 1170 g/mol. The van der Waals surface area contributed by atoms with Crippen LogP contribution in [0.5, 0.6) is 11.5 Å². The van der Waals surface area contributed by atoms with Crippen molar-refractivity contribution in [3.05, 3.63) is 271 Å². The Morgan fingerprint density at radius 1 is 0.434 bits per heavy atom. The molecule has 9 aromatic carbocycles. The second kappa shape index (κ2) is 19.9. The van der Waals surface area contributed by atoms with Crippen molar-refractivity contribution in [2.45, 2.75) is 64.7 Å². The van der Waals surface area contributed by atoms with E-state index in [9.17, 15) is 0 Å². The van der Waals surface area contributed by atoms with Gasteiger partial charge in [0.25, 0.3) is 0 Å². The Balaban J connectivity index is 0.00000616. The van der Waals surface area contributed by atoms with Crippen molar-refractivity contribution in [1.29, 1.82) is 0 Å². The Kier molecular flexibility index (Phi) is 13.2. The van der Waals surface area contributed by atoms with Crippen molar-refractivity contribution in [3.63, 3.8) is 0 Å². The Morgan fingerprint density at radius 2 is 1.01 bits per heavy atom. The van der Waals surface area contributed by atoms with Crippen LogP contribution < -0.4 is 14.5 Å². The molecular formula is C70H59N4OPt-3. The van der Waals surface area contributed by atoms with Crippen LogP contribution in [0.1, 0.15) is 76.3 Å². The number of hydrogen-bond acceptors (Lipinski definition) is 4. The number of ether oxygens (including phenoxy) is 1. The number of aromatic nitrogens is 2. The molecule has 378 valence electrons. The summed E-state index contributed by atoms with van der Waals surface area (Å²) in [6.45, 7) is 18.1. The maximum Gasteiger partial charge on any atom is 0.135 e. The zero-order valence-electron chi connectivity index (χ0n) is 44.0. The van der Waals surface area contributed by atoms with Gasteiger partial charge < -0.3 is 19.1 Å². The van der Waals surface area contributed by atoms with Gasteiger partial charge in [-0.25, -0.2) is 4.98 Å². The molecular weight excluding hydrogens is 1110 g/mol. The third-order valence-electron chi connectivity index (χ3n) is 15.3. The molecule has 0 atom stereocenters. The topological polar surface area (TPSA) is 33.5 Å². The SMILES string of the molecule is CC(C)(C)c1ccnc(-n2c3[c-]c(Oc4[c-]c(N5[CH-]N(c6cc(-c7ccccc7)cc(C(C)(C)c7ccccc7)c6)c6ccccc65)cc(C(C)(C)c5ccccc5)c4)ccc3c3cc(-c4ccccc4)ccc32)c1.[Pt]. The largest absolute Gasteiger partial charge is 0.509 e. The molecule has 5 nitrogen and oxygen atoms in total. The van der Waals surface area contributed by atoms with Crippen LogP contribution in [0.25, 0.3) is 49.9 Å². The average molecular weight is 1170 g/mol. The third-order valence-corrected chi connectivity index (χ3v) is 15.3. The van der Waals surface area contributed by atoms with E-state index in [2.05, 4.69) is 294 Å². The third kappa shape index (κ3) is 9.32. The maximum absolute atomic E-state index is 7.08. The molecule has 76 heavy (non-hydrogen) atoms. The molecule has 6 heteroatoms. The van der Waals surface area contributed by atoms with Gasteiger partial charge in [0.05, 0.1) is 0 Å². The van der Waals surface area contributed by atoms with Crippen LogP contribution >= 0.6 is 0 Å². The molecule has 1 aliphatic rings. The number of nitrogens with zero attached hydrogens (tertiary/aromatic N) is 4. The Hall–Kier alpha value is -7.98. The minimum atomic E-state index is -0.398. The van der Waals surface area contributed by atoms with E-state index >= 15 is 0 Å². The summed E-state index contributed by atoms with van der Waals surface area (Å²) in [7, 11) is 0. The van der Waals surface area contributed by atoms with Gasteiger partial charge in [-0.05, 0) is 103 Å². The van der Waals surface area contributed by atoms with Crippen LogP contribution in [-0.4, -0.2) is 9.55 Å². The van der Waals surface area contributed by atoms with E-state index in [4.69, 9.17) is 9.72 Å². The van der Waals surface area contributed by atoms with E-state index in [-0.39, 0.29) is 31.9 Å². The minimum absolute atomic E-state index is 0. The van der Waals surface area contributed by atoms with Crippen LogP contribution in [0.15, 0.2) is 225 Å². The van der Waals surface area contributed by atoms with Gasteiger partial charge in [0.2, 0.25) is 0 Å². The van der Waals surface area contributed by atoms with Crippen molar-refractivity contribution in [3.8, 4) is 39.6 Å². The average Bonchev–Trinajstić information content (AvgIpc) is 4.07. The van der Waals surface area contributed by atoms with Gasteiger partial charge in [0.15, 0.2) is 0 Å². The van der Waals surface area contributed by atoms with Crippen LogP contribution in [0.4, 0.5) is 22.7 Å². The molecule has 0 fully saturated rings. The fourth-order valence-corrected chi connectivity index (χ4v) is 10.7. The van der Waals surface area contributed by atoms with Crippen LogP contribution in [-0.2, 0) is 37.3 Å². The first-order valence-electron chi connectivity index (χ1n) is 25.9. The van der Waals surface area contributed by atoms with Gasteiger partial charge in [-0.2, -0.15) is 6.07 Å². The minimum Gasteiger partial charge on any atom is -0.509 e. The van der Waals surface area contributed by atoms with Crippen molar-refractivity contribution in [2.24, 2.45) is 0 Å². The van der Waals surface area contributed by atoms with Gasteiger partial charge in [-0.1, -0.05) is 206 Å². The van der Waals surface area contributed by atoms with Crippen molar-refractivity contribution in [2.75, 3.05) is 9.80 Å². The Bertz CT molecular complexity index is 3880. The fourth-order valence-electron chi connectivity index (χ4n) is 10.7. The standard InChI is InChI=1S/C70H59N4O.Pt/c1-68(2,3)54-36-37-71-67(44-54)74-63-35-32-50(48-22-12-8-13-23-48)40-62(63)61-34-33-59(46-66(61)74)75-60-43-56(70(6,7)53-28-18-11-19-29-53)42-58(45-60)73-47-72(64-30-20-21-31-65(64)73)57-39-51(49-24-14-9-15-25-49)38-55(41-57)69(4,5)52-26-16-10-17-27-52;/h8-44,47H,1-7H3;/q-3;. The summed E-state index contributed by atoms with van der Waals surface area (Å²) in [6, 6.07) is 85.6. The van der Waals surface area contributed by atoms with Crippen molar-refractivity contribution < 1.29 is 25.8 Å². The molecule has 0 saturated carbocycles. The molecule has 0 spiro atoms. The second-order valence-corrected chi connectivity index (χ2v) is 21.9. The molecule has 1 aliphatic heterocycles. The summed E-state index contributed by atoms with van der Waals surface area (Å²) in [5.41, 5.74) is 15.9. The molecule has 0 N–H and O–H groups in total. The summed E-state index contributed by atoms with van der Waals surface area (Å²) >= 11 is 0. The molecule has 0 radical (unpaired) electrons. The van der Waals surface area contributed by atoms with E-state index < -0.39 is 5.41 Å². The Labute approximate surface area is 462 Å². The number of benzene rings is 9. The van der Waals surface area contributed by atoms with Gasteiger partial charge in [0, 0.05) is 66.8 Å². The zero-order chi connectivity index (χ0) is 51.5. The molecule has 0 aliphatic carbocycles. The molecule has 11 aromatic rings. The van der Waals surface area contributed by atoms with Crippen LogP contribution in [0.2, 0.25) is 0 Å². The summed E-state index contributed by atoms with van der Waals surface area (Å²) in [5.74, 6) is 2.00. The smallest absolute Gasteiger partial charge is 0.135 e. The van der Waals surface area contributed by atoms with E-state index in [1.807, 2.05) is 12.3 Å².